The average Bonchev–Trinajstić information content (AvgIpc) is 3.40. The van der Waals surface area contributed by atoms with Gasteiger partial charge in [0.15, 0.2) is 0 Å². The lowest BCUT2D eigenvalue weighted by molar-refractivity contribution is -0.127. The fraction of sp³-hybridized carbons (Fsp3) is 0.459. The maximum absolute atomic E-state index is 14.0. The number of hydrogen-bond acceptors (Lipinski definition) is 8. The Balaban J connectivity index is 1.29. The lowest BCUT2D eigenvalue weighted by atomic mass is 9.88. The van der Waals surface area contributed by atoms with Crippen molar-refractivity contribution in [3.8, 4) is 5.75 Å². The van der Waals surface area contributed by atoms with E-state index in [-0.39, 0.29) is 18.9 Å². The highest BCUT2D eigenvalue weighted by molar-refractivity contribution is 5.80. The number of carbonyl (C=O) groups is 2. The fourth-order valence-electron chi connectivity index (χ4n) is 6.36. The fourth-order valence-corrected chi connectivity index (χ4v) is 6.36. The maximum atomic E-state index is 14.0. The monoisotopic (exact) mass is 645 g/mol. The molecule has 4 N–H and O–H groups in total. The van der Waals surface area contributed by atoms with Crippen molar-refractivity contribution in [3.63, 3.8) is 0 Å². The standard InChI is InChI=1S/C37H47N3O7/c1-2-46-37(44)38-32(23-26-8-4-3-5-9-26)33(41)25-29(36(43)39-35-31-11-7-6-10-28(31)24-34(35)42)22-27-12-14-30(15-13-27)47-21-18-40-16-19-45-20-17-40/h3-15,29,32-35,41-42H,2,16-25H2,1H3,(H,38,44)(H,39,43)/t29?,32?,33?,34-,35-/m0/s1. The number of benzene rings is 3. The summed E-state index contributed by atoms with van der Waals surface area (Å²) in [4.78, 5) is 28.8. The molecule has 0 spiro atoms. The summed E-state index contributed by atoms with van der Waals surface area (Å²) in [5.74, 6) is -0.180. The predicted octanol–water partition coefficient (Wildman–Crippen LogP) is 3.44. The van der Waals surface area contributed by atoms with Crippen LogP contribution in [0.4, 0.5) is 4.79 Å². The van der Waals surface area contributed by atoms with Gasteiger partial charge in [0, 0.05) is 32.0 Å². The molecule has 252 valence electrons. The van der Waals surface area contributed by atoms with Gasteiger partial charge in [-0.05, 0) is 60.6 Å². The number of fused-ring (bicyclic) bond motifs is 1. The first kappa shape index (κ1) is 34.4. The van der Waals surface area contributed by atoms with Gasteiger partial charge in [0.2, 0.25) is 5.91 Å². The highest BCUT2D eigenvalue weighted by Gasteiger charge is 2.35. The number of ether oxygens (including phenoxy) is 3. The van der Waals surface area contributed by atoms with Crippen LogP contribution in [0, 0.1) is 5.92 Å². The van der Waals surface area contributed by atoms with Gasteiger partial charge in [0.05, 0.1) is 44.1 Å². The van der Waals surface area contributed by atoms with Crippen LogP contribution >= 0.6 is 0 Å². The lowest BCUT2D eigenvalue weighted by Crippen LogP contribution is -2.47. The van der Waals surface area contributed by atoms with Crippen LogP contribution in [0.5, 0.6) is 5.75 Å². The van der Waals surface area contributed by atoms with E-state index >= 15 is 0 Å². The number of rotatable bonds is 15. The van der Waals surface area contributed by atoms with Crippen LogP contribution in [-0.4, -0.2) is 91.4 Å². The van der Waals surface area contributed by atoms with Crippen molar-refractivity contribution in [1.29, 1.82) is 0 Å². The van der Waals surface area contributed by atoms with Crippen LogP contribution in [-0.2, 0) is 33.5 Å². The van der Waals surface area contributed by atoms with Crippen LogP contribution in [0.3, 0.4) is 0 Å². The van der Waals surface area contributed by atoms with Crippen LogP contribution in [0.1, 0.15) is 41.6 Å². The van der Waals surface area contributed by atoms with E-state index in [1.54, 1.807) is 6.92 Å². The van der Waals surface area contributed by atoms with Gasteiger partial charge >= 0.3 is 6.09 Å². The minimum Gasteiger partial charge on any atom is -0.492 e. The van der Waals surface area contributed by atoms with Crippen molar-refractivity contribution in [2.45, 2.75) is 56.9 Å². The average molecular weight is 646 g/mol. The van der Waals surface area contributed by atoms with Crippen LogP contribution < -0.4 is 15.4 Å². The van der Waals surface area contributed by atoms with Gasteiger partial charge in [-0.25, -0.2) is 4.79 Å². The Kier molecular flexibility index (Phi) is 12.6. The van der Waals surface area contributed by atoms with E-state index in [2.05, 4.69) is 15.5 Å². The molecule has 1 aliphatic carbocycles. The third-order valence-corrected chi connectivity index (χ3v) is 8.93. The maximum Gasteiger partial charge on any atom is 0.407 e. The van der Waals surface area contributed by atoms with Crippen molar-refractivity contribution >= 4 is 12.0 Å². The SMILES string of the molecule is CCOC(=O)NC(Cc1ccccc1)C(O)CC(Cc1ccc(OCCN2CCOCC2)cc1)C(=O)N[C@H]1c2ccccc2C[C@@H]1O. The molecule has 5 rings (SSSR count). The van der Waals surface area contributed by atoms with E-state index in [4.69, 9.17) is 14.2 Å². The molecule has 5 atom stereocenters. The van der Waals surface area contributed by atoms with E-state index in [0.29, 0.717) is 25.9 Å². The second kappa shape index (κ2) is 17.3. The van der Waals surface area contributed by atoms with E-state index in [9.17, 15) is 19.8 Å². The molecule has 47 heavy (non-hydrogen) atoms. The first-order valence-electron chi connectivity index (χ1n) is 16.6. The Morgan fingerprint density at radius 1 is 0.957 bits per heavy atom. The Morgan fingerprint density at radius 2 is 1.66 bits per heavy atom. The summed E-state index contributed by atoms with van der Waals surface area (Å²) in [7, 11) is 0. The lowest BCUT2D eigenvalue weighted by Gasteiger charge is -2.28. The molecule has 10 nitrogen and oxygen atoms in total. The first-order chi connectivity index (χ1) is 22.9. The van der Waals surface area contributed by atoms with Crippen molar-refractivity contribution in [3.05, 3.63) is 101 Å². The van der Waals surface area contributed by atoms with E-state index < -0.39 is 36.3 Å². The summed E-state index contributed by atoms with van der Waals surface area (Å²) in [6, 6.07) is 23.7. The molecule has 10 heteroatoms. The number of hydrogen-bond donors (Lipinski definition) is 4. The number of nitrogens with zero attached hydrogens (tertiary/aromatic N) is 1. The molecule has 0 saturated carbocycles. The molecule has 1 aliphatic heterocycles. The molecule has 0 aromatic heterocycles. The Labute approximate surface area is 277 Å². The molecule has 0 bridgehead atoms. The number of amides is 2. The smallest absolute Gasteiger partial charge is 0.407 e. The van der Waals surface area contributed by atoms with Gasteiger partial charge in [0.25, 0.3) is 0 Å². The topological polar surface area (TPSA) is 130 Å². The third kappa shape index (κ3) is 10.0. The predicted molar refractivity (Wildman–Crippen MR) is 178 cm³/mol. The summed E-state index contributed by atoms with van der Waals surface area (Å²) >= 11 is 0. The molecule has 0 radical (unpaired) electrons. The highest BCUT2D eigenvalue weighted by Crippen LogP contribution is 2.32. The van der Waals surface area contributed by atoms with Gasteiger partial charge in [-0.3, -0.25) is 9.69 Å². The summed E-state index contributed by atoms with van der Waals surface area (Å²) < 4.78 is 16.5. The Bertz CT molecular complexity index is 1410. The summed E-state index contributed by atoms with van der Waals surface area (Å²) in [6.07, 6.45) is -1.17. The second-order valence-electron chi connectivity index (χ2n) is 12.3. The summed E-state index contributed by atoms with van der Waals surface area (Å²) in [5.41, 5.74) is 3.75. The summed E-state index contributed by atoms with van der Waals surface area (Å²) in [6.45, 7) is 6.61. The quantitative estimate of drug-likeness (QED) is 0.198. The largest absolute Gasteiger partial charge is 0.492 e. The zero-order chi connectivity index (χ0) is 33.0. The molecular weight excluding hydrogens is 598 g/mol. The Hall–Kier alpha value is -3.96. The minimum absolute atomic E-state index is 0.0814. The molecule has 1 saturated heterocycles. The Morgan fingerprint density at radius 3 is 2.40 bits per heavy atom. The minimum atomic E-state index is -1.06. The van der Waals surface area contributed by atoms with Crippen molar-refractivity contribution in [1.82, 2.24) is 15.5 Å². The molecule has 3 aromatic rings. The van der Waals surface area contributed by atoms with Gasteiger partial charge in [-0.2, -0.15) is 0 Å². The highest BCUT2D eigenvalue weighted by atomic mass is 16.5. The number of aliphatic hydroxyl groups excluding tert-OH is 2. The molecule has 3 unspecified atom stereocenters. The summed E-state index contributed by atoms with van der Waals surface area (Å²) in [5, 5.41) is 28.3. The zero-order valence-electron chi connectivity index (χ0n) is 27.1. The number of aliphatic hydroxyl groups is 2. The van der Waals surface area contributed by atoms with Crippen molar-refractivity contribution < 1.29 is 34.0 Å². The van der Waals surface area contributed by atoms with Gasteiger partial charge in [-0.15, -0.1) is 0 Å². The van der Waals surface area contributed by atoms with Crippen LogP contribution in [0.25, 0.3) is 0 Å². The van der Waals surface area contributed by atoms with Gasteiger partial charge in [-0.1, -0.05) is 66.7 Å². The molecular formula is C37H47N3O7. The number of nitrogens with one attached hydrogen (secondary N) is 2. The molecule has 1 heterocycles. The number of carbonyl (C=O) groups excluding carboxylic acids is 2. The second-order valence-corrected chi connectivity index (χ2v) is 12.3. The van der Waals surface area contributed by atoms with Crippen LogP contribution in [0.2, 0.25) is 0 Å². The third-order valence-electron chi connectivity index (χ3n) is 8.93. The molecule has 1 fully saturated rings. The van der Waals surface area contributed by atoms with Crippen LogP contribution in [0.15, 0.2) is 78.9 Å². The molecule has 3 aromatic carbocycles. The first-order valence-corrected chi connectivity index (χ1v) is 16.6. The van der Waals surface area contributed by atoms with E-state index in [0.717, 1.165) is 60.9 Å². The molecule has 2 aliphatic rings. The zero-order valence-corrected chi connectivity index (χ0v) is 27.1. The number of morpholine rings is 1. The van der Waals surface area contributed by atoms with Crippen molar-refractivity contribution in [2.24, 2.45) is 5.92 Å². The number of alkyl carbamates (subject to hydrolysis) is 1. The van der Waals surface area contributed by atoms with Crippen molar-refractivity contribution in [2.75, 3.05) is 46.1 Å². The van der Waals surface area contributed by atoms with E-state index in [1.165, 1.54) is 0 Å². The van der Waals surface area contributed by atoms with E-state index in [1.807, 2.05) is 78.9 Å². The molecule has 2 amide bonds. The van der Waals surface area contributed by atoms with Gasteiger partial charge in [0.1, 0.15) is 12.4 Å². The van der Waals surface area contributed by atoms with Gasteiger partial charge < -0.3 is 35.1 Å². The normalized spacial score (nSPS) is 19.6.